The van der Waals surface area contributed by atoms with E-state index in [1.54, 1.807) is 7.05 Å². The first-order valence-corrected chi connectivity index (χ1v) is 7.32. The van der Waals surface area contributed by atoms with Gasteiger partial charge in [-0.2, -0.15) is 0 Å². The molecular formula is C14H25N3O2. The lowest BCUT2D eigenvalue weighted by Crippen LogP contribution is -2.56. The lowest BCUT2D eigenvalue weighted by Gasteiger charge is -2.42. The first kappa shape index (κ1) is 14.3. The molecule has 2 fully saturated rings. The van der Waals surface area contributed by atoms with Crippen LogP contribution in [0.5, 0.6) is 0 Å². The van der Waals surface area contributed by atoms with Crippen LogP contribution in [0.15, 0.2) is 0 Å². The van der Waals surface area contributed by atoms with E-state index in [4.69, 9.17) is 0 Å². The molecule has 19 heavy (non-hydrogen) atoms. The minimum Gasteiger partial charge on any atom is -0.357 e. The monoisotopic (exact) mass is 267 g/mol. The zero-order valence-corrected chi connectivity index (χ0v) is 12.0. The highest BCUT2D eigenvalue weighted by molar-refractivity contribution is 5.90. The van der Waals surface area contributed by atoms with Crippen LogP contribution in [0, 0.1) is 5.41 Å². The van der Waals surface area contributed by atoms with Crippen LogP contribution < -0.4 is 10.6 Å². The van der Waals surface area contributed by atoms with E-state index in [0.29, 0.717) is 0 Å². The van der Waals surface area contributed by atoms with Crippen molar-refractivity contribution in [3.63, 3.8) is 0 Å². The molecule has 2 aliphatic heterocycles. The average Bonchev–Trinajstić information content (AvgIpc) is 2.46. The van der Waals surface area contributed by atoms with Gasteiger partial charge in [0.1, 0.15) is 6.04 Å². The second-order valence-electron chi connectivity index (χ2n) is 5.94. The Kier molecular flexibility index (Phi) is 4.45. The van der Waals surface area contributed by atoms with Crippen molar-refractivity contribution in [2.24, 2.45) is 5.41 Å². The third-order valence-corrected chi connectivity index (χ3v) is 4.54. The predicted octanol–water partition coefficient (Wildman–Crippen LogP) is 0.503. The Morgan fingerprint density at radius 1 is 1.26 bits per heavy atom. The van der Waals surface area contributed by atoms with Gasteiger partial charge in [0.15, 0.2) is 0 Å². The maximum Gasteiger partial charge on any atom is 0.242 e. The normalized spacial score (nSPS) is 26.8. The Morgan fingerprint density at radius 3 is 2.58 bits per heavy atom. The fourth-order valence-corrected chi connectivity index (χ4v) is 3.15. The number of hydrogen-bond acceptors (Lipinski definition) is 3. The van der Waals surface area contributed by atoms with Gasteiger partial charge in [-0.25, -0.2) is 0 Å². The molecule has 2 heterocycles. The van der Waals surface area contributed by atoms with Crippen LogP contribution in [0.2, 0.25) is 0 Å². The highest BCUT2D eigenvalue weighted by Crippen LogP contribution is 2.33. The van der Waals surface area contributed by atoms with Gasteiger partial charge in [0.05, 0.1) is 0 Å². The van der Waals surface area contributed by atoms with Crippen molar-refractivity contribution in [1.29, 1.82) is 0 Å². The molecule has 2 N–H and O–H groups in total. The SMILES string of the molecule is CNC(=O)C1CCCCN1C(=O)C1(C)CCNCC1. The van der Waals surface area contributed by atoms with E-state index in [2.05, 4.69) is 10.6 Å². The minimum absolute atomic E-state index is 0.0226. The summed E-state index contributed by atoms with van der Waals surface area (Å²) in [7, 11) is 1.64. The van der Waals surface area contributed by atoms with E-state index in [0.717, 1.165) is 51.7 Å². The summed E-state index contributed by atoms with van der Waals surface area (Å²) in [6, 6.07) is -0.266. The molecule has 0 spiro atoms. The van der Waals surface area contributed by atoms with Crippen LogP contribution in [0.3, 0.4) is 0 Å². The zero-order valence-electron chi connectivity index (χ0n) is 12.0. The van der Waals surface area contributed by atoms with Gasteiger partial charge in [0.25, 0.3) is 0 Å². The number of likely N-dealkylation sites (tertiary alicyclic amines) is 1. The molecule has 0 aromatic carbocycles. The Balaban J connectivity index is 2.12. The maximum atomic E-state index is 12.8. The maximum absolute atomic E-state index is 12.8. The summed E-state index contributed by atoms with van der Waals surface area (Å²) in [6.45, 7) is 4.55. The molecule has 0 aromatic rings. The number of rotatable bonds is 2. The molecule has 1 atom stereocenters. The number of amides is 2. The van der Waals surface area contributed by atoms with E-state index in [1.807, 2.05) is 11.8 Å². The summed E-state index contributed by atoms with van der Waals surface area (Å²) in [5.74, 6) is 0.146. The fourth-order valence-electron chi connectivity index (χ4n) is 3.15. The first-order chi connectivity index (χ1) is 9.08. The second-order valence-corrected chi connectivity index (χ2v) is 5.94. The molecule has 5 nitrogen and oxygen atoms in total. The topological polar surface area (TPSA) is 61.4 Å². The second kappa shape index (κ2) is 5.90. The summed E-state index contributed by atoms with van der Waals surface area (Å²) in [6.07, 6.45) is 4.55. The molecule has 0 saturated carbocycles. The van der Waals surface area contributed by atoms with Crippen molar-refractivity contribution < 1.29 is 9.59 Å². The molecule has 0 aromatic heterocycles. The number of carbonyl (C=O) groups is 2. The quantitative estimate of drug-likeness (QED) is 0.766. The van der Waals surface area contributed by atoms with Crippen LogP contribution in [0.25, 0.3) is 0 Å². The van der Waals surface area contributed by atoms with E-state index in [1.165, 1.54) is 0 Å². The van der Waals surface area contributed by atoms with E-state index in [9.17, 15) is 9.59 Å². The smallest absolute Gasteiger partial charge is 0.242 e. The van der Waals surface area contributed by atoms with Crippen molar-refractivity contribution in [3.8, 4) is 0 Å². The summed E-state index contributed by atoms with van der Waals surface area (Å²) in [5, 5.41) is 5.98. The third kappa shape index (κ3) is 2.91. The number of hydrogen-bond donors (Lipinski definition) is 2. The van der Waals surface area contributed by atoms with Gasteiger partial charge in [-0.3, -0.25) is 9.59 Å². The van der Waals surface area contributed by atoms with Crippen LogP contribution in [-0.2, 0) is 9.59 Å². The van der Waals surface area contributed by atoms with Crippen molar-refractivity contribution in [2.75, 3.05) is 26.7 Å². The number of nitrogens with zero attached hydrogens (tertiary/aromatic N) is 1. The Morgan fingerprint density at radius 2 is 1.95 bits per heavy atom. The number of carbonyl (C=O) groups excluding carboxylic acids is 2. The molecular weight excluding hydrogens is 242 g/mol. The van der Waals surface area contributed by atoms with Crippen LogP contribution in [-0.4, -0.2) is 49.4 Å². The van der Waals surface area contributed by atoms with Crippen molar-refractivity contribution in [3.05, 3.63) is 0 Å². The van der Waals surface area contributed by atoms with Gasteiger partial charge < -0.3 is 15.5 Å². The van der Waals surface area contributed by atoms with Gasteiger partial charge in [-0.05, 0) is 45.2 Å². The Labute approximate surface area is 115 Å². The van der Waals surface area contributed by atoms with Crippen molar-refractivity contribution >= 4 is 11.8 Å². The Bertz CT molecular complexity index is 351. The first-order valence-electron chi connectivity index (χ1n) is 7.32. The van der Waals surface area contributed by atoms with E-state index < -0.39 is 0 Å². The fraction of sp³-hybridized carbons (Fsp3) is 0.857. The van der Waals surface area contributed by atoms with Gasteiger partial charge in [-0.15, -0.1) is 0 Å². The highest BCUT2D eigenvalue weighted by Gasteiger charge is 2.42. The third-order valence-electron chi connectivity index (χ3n) is 4.54. The predicted molar refractivity (Wildman–Crippen MR) is 73.6 cm³/mol. The Hall–Kier alpha value is -1.10. The summed E-state index contributed by atoms with van der Waals surface area (Å²) in [5.41, 5.74) is -0.297. The van der Waals surface area contributed by atoms with E-state index in [-0.39, 0.29) is 23.3 Å². The van der Waals surface area contributed by atoms with Gasteiger partial charge in [-0.1, -0.05) is 6.92 Å². The molecule has 108 valence electrons. The molecule has 2 saturated heterocycles. The lowest BCUT2D eigenvalue weighted by atomic mass is 9.78. The van der Waals surface area contributed by atoms with Gasteiger partial charge >= 0.3 is 0 Å². The molecule has 2 rings (SSSR count). The number of piperidine rings is 2. The van der Waals surface area contributed by atoms with Gasteiger partial charge in [0, 0.05) is 19.0 Å². The van der Waals surface area contributed by atoms with Crippen LogP contribution in [0.4, 0.5) is 0 Å². The standard InChI is InChI=1S/C14H25N3O2/c1-14(6-8-16-9-7-14)13(19)17-10-4-3-5-11(17)12(18)15-2/h11,16H,3-10H2,1-2H3,(H,15,18). The largest absolute Gasteiger partial charge is 0.357 e. The van der Waals surface area contributed by atoms with Gasteiger partial charge in [0.2, 0.25) is 11.8 Å². The zero-order chi connectivity index (χ0) is 13.9. The number of nitrogens with one attached hydrogen (secondary N) is 2. The molecule has 0 bridgehead atoms. The van der Waals surface area contributed by atoms with Crippen molar-refractivity contribution in [1.82, 2.24) is 15.5 Å². The lowest BCUT2D eigenvalue weighted by molar-refractivity contribution is -0.151. The van der Waals surface area contributed by atoms with Crippen LogP contribution >= 0.6 is 0 Å². The minimum atomic E-state index is -0.297. The molecule has 0 aliphatic carbocycles. The molecule has 1 unspecified atom stereocenters. The van der Waals surface area contributed by atoms with E-state index >= 15 is 0 Å². The summed E-state index contributed by atoms with van der Waals surface area (Å²) in [4.78, 5) is 26.6. The molecule has 0 radical (unpaired) electrons. The summed E-state index contributed by atoms with van der Waals surface area (Å²) >= 11 is 0. The average molecular weight is 267 g/mol. The van der Waals surface area contributed by atoms with Crippen molar-refractivity contribution in [2.45, 2.75) is 45.1 Å². The summed E-state index contributed by atoms with van der Waals surface area (Å²) < 4.78 is 0. The molecule has 5 heteroatoms. The highest BCUT2D eigenvalue weighted by atomic mass is 16.2. The molecule has 2 aliphatic rings. The number of likely N-dealkylation sites (N-methyl/N-ethyl adjacent to an activating group) is 1. The van der Waals surface area contributed by atoms with Crippen LogP contribution in [0.1, 0.15) is 39.0 Å². The molecule has 2 amide bonds.